The number of aliphatic carboxylic acids is 1. The Kier molecular flexibility index (Phi) is 4.83. The zero-order valence-electron chi connectivity index (χ0n) is 5.84. The summed E-state index contributed by atoms with van der Waals surface area (Å²) in [4.78, 5) is 18.4. The number of carboxylic acid groups (broad SMARTS) is 2. The van der Waals surface area contributed by atoms with Gasteiger partial charge in [0, 0.05) is 0 Å². The first-order valence-corrected chi connectivity index (χ1v) is 2.70. The molecule has 66 valence electrons. The predicted octanol–water partition coefficient (Wildman–Crippen LogP) is 0.131. The van der Waals surface area contributed by atoms with E-state index < -0.39 is 5.97 Å². The van der Waals surface area contributed by atoms with E-state index in [0.717, 1.165) is 12.5 Å². The Morgan fingerprint density at radius 1 is 1.50 bits per heavy atom. The Morgan fingerprint density at radius 3 is 2.33 bits per heavy atom. The van der Waals surface area contributed by atoms with Gasteiger partial charge in [0.05, 0.1) is 0 Å². The molecule has 2 N–H and O–H groups in total. The lowest BCUT2D eigenvalue weighted by Gasteiger charge is -2.03. The normalized spacial score (nSPS) is 12.5. The standard InChI is InChI=1S/C5H4O4.CH2O2/c6-5(7)4-3-8-1-2-9-4;2-1-3/h1-3H,(H,6,7);1H,(H,2,3). The maximum Gasteiger partial charge on any atom is 0.375 e. The molecule has 0 atom stereocenters. The fraction of sp³-hybridized carbons (Fsp3) is 0. The van der Waals surface area contributed by atoms with Crippen LogP contribution in [0.4, 0.5) is 0 Å². The smallest absolute Gasteiger partial charge is 0.375 e. The van der Waals surface area contributed by atoms with Crippen molar-refractivity contribution in [1.82, 2.24) is 0 Å². The Balaban J connectivity index is 0.000000354. The minimum atomic E-state index is -1.14. The molecular formula is C6H6O6. The molecule has 1 heterocycles. The summed E-state index contributed by atoms with van der Waals surface area (Å²) in [5.74, 6) is -1.35. The number of rotatable bonds is 1. The van der Waals surface area contributed by atoms with Gasteiger partial charge in [-0.2, -0.15) is 0 Å². The van der Waals surface area contributed by atoms with Crippen LogP contribution in [0.15, 0.2) is 24.5 Å². The van der Waals surface area contributed by atoms with Crippen molar-refractivity contribution in [3.8, 4) is 0 Å². The first-order valence-electron chi connectivity index (χ1n) is 2.70. The molecule has 0 spiro atoms. The Morgan fingerprint density at radius 2 is 2.08 bits per heavy atom. The van der Waals surface area contributed by atoms with Gasteiger partial charge < -0.3 is 19.7 Å². The molecule has 0 aromatic rings. The van der Waals surface area contributed by atoms with Gasteiger partial charge in [-0.1, -0.05) is 0 Å². The van der Waals surface area contributed by atoms with Crippen LogP contribution in [0, 0.1) is 0 Å². The first kappa shape index (κ1) is 10.0. The summed E-state index contributed by atoms with van der Waals surface area (Å²) in [6.07, 6.45) is 3.41. The third-order valence-electron chi connectivity index (χ3n) is 0.715. The molecule has 6 nitrogen and oxygen atoms in total. The summed E-state index contributed by atoms with van der Waals surface area (Å²) < 4.78 is 8.99. The summed E-state index contributed by atoms with van der Waals surface area (Å²) in [6.45, 7) is -0.250. The second-order valence-electron chi connectivity index (χ2n) is 1.42. The van der Waals surface area contributed by atoms with Crippen LogP contribution in [0.5, 0.6) is 0 Å². The highest BCUT2D eigenvalue weighted by Crippen LogP contribution is 2.03. The monoisotopic (exact) mass is 174 g/mol. The van der Waals surface area contributed by atoms with Crippen LogP contribution in [-0.2, 0) is 19.1 Å². The number of carboxylic acids is 1. The maximum absolute atomic E-state index is 10.0. The highest BCUT2D eigenvalue weighted by molar-refractivity contribution is 5.84. The lowest BCUT2D eigenvalue weighted by Crippen LogP contribution is -2.04. The molecule has 0 unspecified atom stereocenters. The molecule has 0 saturated carbocycles. The zero-order chi connectivity index (χ0) is 9.40. The van der Waals surface area contributed by atoms with Gasteiger partial charge in [0.1, 0.15) is 18.8 Å². The summed E-state index contributed by atoms with van der Waals surface area (Å²) in [5.41, 5.74) is 0. The largest absolute Gasteiger partial charge is 0.483 e. The molecule has 1 aliphatic heterocycles. The van der Waals surface area contributed by atoms with Crippen LogP contribution in [0.25, 0.3) is 0 Å². The average molecular weight is 174 g/mol. The van der Waals surface area contributed by atoms with E-state index in [4.69, 9.17) is 15.0 Å². The van der Waals surface area contributed by atoms with Crippen molar-refractivity contribution in [3.05, 3.63) is 24.5 Å². The van der Waals surface area contributed by atoms with Crippen LogP contribution in [0.3, 0.4) is 0 Å². The first-order chi connectivity index (χ1) is 5.72. The summed E-state index contributed by atoms with van der Waals surface area (Å²) >= 11 is 0. The Hall–Kier alpha value is -1.98. The number of hydrogen-bond donors (Lipinski definition) is 2. The molecule has 0 amide bonds. The molecule has 0 aromatic carbocycles. The average Bonchev–Trinajstić information content (AvgIpc) is 2.07. The Bertz CT molecular complexity index is 216. The minimum absolute atomic E-state index is 0.211. The molecule has 12 heavy (non-hydrogen) atoms. The third kappa shape index (κ3) is 3.94. The zero-order valence-corrected chi connectivity index (χ0v) is 5.84. The summed E-state index contributed by atoms with van der Waals surface area (Å²) in [7, 11) is 0. The van der Waals surface area contributed by atoms with Crippen LogP contribution in [0.2, 0.25) is 0 Å². The molecule has 0 saturated heterocycles. The number of hydrogen-bond acceptors (Lipinski definition) is 4. The van der Waals surface area contributed by atoms with Gasteiger partial charge >= 0.3 is 5.97 Å². The van der Waals surface area contributed by atoms with Gasteiger partial charge in [0.2, 0.25) is 5.76 Å². The van der Waals surface area contributed by atoms with Gasteiger partial charge in [0.25, 0.3) is 6.47 Å². The minimum Gasteiger partial charge on any atom is -0.483 e. The second-order valence-corrected chi connectivity index (χ2v) is 1.42. The summed E-state index contributed by atoms with van der Waals surface area (Å²) in [6, 6.07) is 0. The molecule has 6 heteroatoms. The topological polar surface area (TPSA) is 93.1 Å². The van der Waals surface area contributed by atoms with E-state index in [0.29, 0.717) is 0 Å². The predicted molar refractivity (Wildman–Crippen MR) is 35.7 cm³/mol. The number of carbonyl (C=O) groups is 2. The lowest BCUT2D eigenvalue weighted by molar-refractivity contribution is -0.136. The number of ether oxygens (including phenoxy) is 2. The van der Waals surface area contributed by atoms with Crippen LogP contribution < -0.4 is 0 Å². The van der Waals surface area contributed by atoms with Gasteiger partial charge in [-0.25, -0.2) is 4.79 Å². The quantitative estimate of drug-likeness (QED) is 0.549. The van der Waals surface area contributed by atoms with E-state index in [1.165, 1.54) is 6.26 Å². The van der Waals surface area contributed by atoms with Crippen LogP contribution in [0.1, 0.15) is 0 Å². The van der Waals surface area contributed by atoms with Crippen LogP contribution in [-0.4, -0.2) is 22.7 Å². The molecule has 0 bridgehead atoms. The van der Waals surface area contributed by atoms with E-state index in [-0.39, 0.29) is 12.2 Å². The molecular weight excluding hydrogens is 168 g/mol. The van der Waals surface area contributed by atoms with Crippen molar-refractivity contribution in [3.63, 3.8) is 0 Å². The van der Waals surface area contributed by atoms with Crippen molar-refractivity contribution in [2.24, 2.45) is 0 Å². The van der Waals surface area contributed by atoms with Crippen molar-refractivity contribution in [2.75, 3.05) is 0 Å². The fourth-order valence-corrected chi connectivity index (χ4v) is 0.363. The maximum atomic E-state index is 10.0. The SMILES string of the molecule is O=C(O)C1=COC=CO1.O=CO. The highest BCUT2D eigenvalue weighted by atomic mass is 16.5. The molecule has 0 aliphatic carbocycles. The molecule has 0 fully saturated rings. The van der Waals surface area contributed by atoms with Crippen LogP contribution >= 0.6 is 0 Å². The van der Waals surface area contributed by atoms with E-state index in [1.807, 2.05) is 0 Å². The molecule has 0 aromatic heterocycles. The van der Waals surface area contributed by atoms with E-state index in [9.17, 15) is 4.79 Å². The van der Waals surface area contributed by atoms with Crippen molar-refractivity contribution >= 4 is 12.4 Å². The van der Waals surface area contributed by atoms with Crippen molar-refractivity contribution in [1.29, 1.82) is 0 Å². The molecule has 0 radical (unpaired) electrons. The van der Waals surface area contributed by atoms with E-state index >= 15 is 0 Å². The van der Waals surface area contributed by atoms with Crippen molar-refractivity contribution < 1.29 is 29.3 Å². The summed E-state index contributed by atoms with van der Waals surface area (Å²) in [5, 5.41) is 15.1. The van der Waals surface area contributed by atoms with E-state index in [2.05, 4.69) is 9.47 Å². The third-order valence-corrected chi connectivity index (χ3v) is 0.715. The molecule has 1 aliphatic rings. The fourth-order valence-electron chi connectivity index (χ4n) is 0.363. The van der Waals surface area contributed by atoms with Gasteiger partial charge in [-0.05, 0) is 0 Å². The second kappa shape index (κ2) is 5.78. The molecule has 1 rings (SSSR count). The lowest BCUT2D eigenvalue weighted by atomic mass is 10.5. The van der Waals surface area contributed by atoms with Gasteiger partial charge in [-0.15, -0.1) is 0 Å². The Labute approximate surface area is 67.3 Å². The van der Waals surface area contributed by atoms with Crippen molar-refractivity contribution in [2.45, 2.75) is 0 Å². The highest BCUT2D eigenvalue weighted by Gasteiger charge is 2.09. The van der Waals surface area contributed by atoms with E-state index in [1.54, 1.807) is 0 Å². The van der Waals surface area contributed by atoms with Gasteiger partial charge in [0.15, 0.2) is 0 Å². The van der Waals surface area contributed by atoms with Gasteiger partial charge in [-0.3, -0.25) is 4.79 Å².